The molecule has 26 nitrogen and oxygen atoms in total. The number of methoxy groups -OCH3 is 1. The van der Waals surface area contributed by atoms with Gasteiger partial charge in [-0.15, -0.1) is 11.3 Å². The molecule has 2 bridgehead atoms. The number of aromatic nitrogens is 2. The van der Waals surface area contributed by atoms with Crippen molar-refractivity contribution in [2.45, 2.75) is 408 Å². The van der Waals surface area contributed by atoms with Crippen LogP contribution in [0.15, 0.2) is 39.9 Å². The number of cyclic esters (lactones) is 1. The molecule has 2 aromatic heterocycles. The number of aliphatic hydroxyl groups is 12. The number of allylic oxidation sites excluding steroid dienone is 1. The summed E-state index contributed by atoms with van der Waals surface area (Å²) in [6, 6.07) is -1.19. The Hall–Kier alpha value is -3.47. The van der Waals surface area contributed by atoms with Crippen LogP contribution in [-0.4, -0.2) is 213 Å². The average Bonchev–Trinajstić information content (AvgIpc) is 1.78. The number of rotatable bonds is 33. The van der Waals surface area contributed by atoms with Crippen LogP contribution < -0.4 is 11.1 Å². The summed E-state index contributed by atoms with van der Waals surface area (Å²) in [4.78, 5) is 37.3. The summed E-state index contributed by atoms with van der Waals surface area (Å²) in [5, 5.41) is 137. The van der Waals surface area contributed by atoms with E-state index in [0.29, 0.717) is 96.3 Å². The van der Waals surface area contributed by atoms with Crippen LogP contribution in [0.5, 0.6) is 0 Å². The van der Waals surface area contributed by atoms with Crippen LogP contribution >= 0.6 is 11.3 Å². The Morgan fingerprint density at radius 2 is 1.21 bits per heavy atom. The van der Waals surface area contributed by atoms with Gasteiger partial charge in [0.1, 0.15) is 24.6 Å². The predicted octanol–water partition coefficient (Wildman–Crippen LogP) is 10.4. The Balaban J connectivity index is 1.31. The molecule has 22 unspecified atom stereocenters. The Morgan fingerprint density at radius 1 is 0.651 bits per heavy atom. The fourth-order valence-corrected chi connectivity index (χ4v) is 16.4. The smallest absolute Gasteiger partial charge is 0.397 e. The highest BCUT2D eigenvalue weighted by molar-refractivity contribution is 7.80. The molecule has 632 valence electrons. The van der Waals surface area contributed by atoms with Gasteiger partial charge in [0.2, 0.25) is 5.91 Å². The molecule has 0 aromatic carbocycles. The van der Waals surface area contributed by atoms with E-state index in [0.717, 1.165) is 49.1 Å². The number of hydrogen-bond donors (Lipinski definition) is 15. The van der Waals surface area contributed by atoms with E-state index in [1.807, 2.05) is 19.1 Å². The minimum Gasteiger partial charge on any atom is -0.456 e. The summed E-state index contributed by atoms with van der Waals surface area (Å²) in [5.41, 5.74) is 6.57. The number of aliphatic hydroxyl groups excluding tert-OH is 12. The van der Waals surface area contributed by atoms with Crippen LogP contribution in [0.25, 0.3) is 0 Å². The van der Waals surface area contributed by atoms with Gasteiger partial charge in [-0.25, -0.2) is 18.9 Å². The third-order valence-corrected chi connectivity index (χ3v) is 23.2. The van der Waals surface area contributed by atoms with Crippen LogP contribution in [0.1, 0.15) is 313 Å². The minimum absolute atomic E-state index is 0.0201. The van der Waals surface area contributed by atoms with Gasteiger partial charge >= 0.3 is 16.4 Å². The van der Waals surface area contributed by atoms with Gasteiger partial charge in [-0.2, -0.15) is 8.42 Å². The largest absolute Gasteiger partial charge is 0.456 e. The van der Waals surface area contributed by atoms with Crippen molar-refractivity contribution in [2.24, 2.45) is 29.4 Å². The number of hydrogen-bond acceptors (Lipinski definition) is 25. The number of nitrogens with zero attached hydrogens (tertiary/aromatic N) is 2. The maximum atomic E-state index is 14.3. The zero-order chi connectivity index (χ0) is 80.6. The number of esters is 1. The maximum absolute atomic E-state index is 14.3. The van der Waals surface area contributed by atoms with Gasteiger partial charge in [0.15, 0.2) is 11.6 Å². The molecule has 109 heavy (non-hydrogen) atoms. The number of carbonyl (C=O) groups is 2. The van der Waals surface area contributed by atoms with Crippen molar-refractivity contribution in [3.05, 3.63) is 57.7 Å². The van der Waals surface area contributed by atoms with Crippen LogP contribution in [0.2, 0.25) is 0 Å². The van der Waals surface area contributed by atoms with E-state index in [1.165, 1.54) is 64.9 Å². The first-order chi connectivity index (χ1) is 51.7. The van der Waals surface area contributed by atoms with Crippen molar-refractivity contribution >= 4 is 33.6 Å². The Kier molecular flexibility index (Phi) is 48.2. The zero-order valence-corrected chi connectivity index (χ0v) is 68.4. The van der Waals surface area contributed by atoms with Crippen LogP contribution in [0, 0.1) is 23.7 Å². The number of carbonyl (C=O) groups excluding carboxylic acids is 2. The second-order valence-electron chi connectivity index (χ2n) is 32.5. The lowest BCUT2D eigenvalue weighted by Gasteiger charge is -2.35. The molecular formula is C81H144N4O22S2. The maximum Gasteiger partial charge on any atom is 0.397 e. The minimum atomic E-state index is -5.24. The highest BCUT2D eigenvalue weighted by Crippen LogP contribution is 2.38. The quantitative estimate of drug-likeness (QED) is 0.0104. The molecule has 0 radical (unpaired) electrons. The third kappa shape index (κ3) is 42.6. The second kappa shape index (κ2) is 53.6. The van der Waals surface area contributed by atoms with Crippen molar-refractivity contribution in [1.29, 1.82) is 0 Å². The van der Waals surface area contributed by atoms with E-state index in [1.54, 1.807) is 32.3 Å². The molecule has 0 aliphatic carbocycles. The molecule has 2 aliphatic heterocycles. The second-order valence-corrected chi connectivity index (χ2v) is 34.5. The van der Waals surface area contributed by atoms with Crippen LogP contribution in [0.4, 0.5) is 0 Å². The molecule has 2 aromatic rings. The molecule has 1 amide bonds. The summed E-state index contributed by atoms with van der Waals surface area (Å²) >= 11 is 1.68. The van der Waals surface area contributed by atoms with E-state index in [2.05, 4.69) is 29.5 Å². The Labute approximate surface area is 654 Å². The molecule has 23 atom stereocenters. The molecule has 0 spiro atoms. The normalized spacial score (nSPS) is 29.7. The average molecular weight is 1590 g/mol. The summed E-state index contributed by atoms with van der Waals surface area (Å²) in [7, 11) is -3.68. The number of unbranched alkanes of at least 4 members (excludes halogenated alkanes) is 7. The molecular weight excluding hydrogens is 1450 g/mol. The molecule has 1 fully saturated rings. The van der Waals surface area contributed by atoms with E-state index in [-0.39, 0.29) is 124 Å². The van der Waals surface area contributed by atoms with Gasteiger partial charge < -0.3 is 91.0 Å². The van der Waals surface area contributed by atoms with Crippen LogP contribution in [0.3, 0.4) is 0 Å². The lowest BCUT2D eigenvalue weighted by Crippen LogP contribution is -2.55. The lowest BCUT2D eigenvalue weighted by molar-refractivity contribution is -0.120. The summed E-state index contributed by atoms with van der Waals surface area (Å²) < 4.78 is 64.4. The predicted molar refractivity (Wildman–Crippen MR) is 419 cm³/mol. The zero-order valence-electron chi connectivity index (χ0n) is 66.8. The molecule has 4 heterocycles. The van der Waals surface area contributed by atoms with Crippen molar-refractivity contribution in [3.63, 3.8) is 0 Å². The van der Waals surface area contributed by atoms with Crippen molar-refractivity contribution in [1.82, 2.24) is 15.3 Å². The van der Waals surface area contributed by atoms with E-state index < -0.39 is 126 Å². The summed E-state index contributed by atoms with van der Waals surface area (Å²) in [6.07, 6.45) is 12.9. The van der Waals surface area contributed by atoms with Crippen LogP contribution in [-0.2, 0) is 46.4 Å². The standard InChI is InChI=1S/C81H144N4O22S2/c1-52-35-38-66(93)43-61(88)27-19-26-59(86)25-18-17-23-54(3)79(107-109(100,101)102)78(58(7)105-81(99)71-50-104-76(83-71)33-22-32-62(89)42-60(87)28-21-31-65(92)47-70(103-8)39-36-52)85-80(98)56(5)41-55(4)73(97)48-68(95)45-64(91)30-20-29-63(90)44-67(94)46-69(96)49-75-53(2)37-40-74(106-75)72-51-108-77(84-72)34-16-14-12-10-9-11-13-15-24-57(6)82/h36,39,41,50-55,57-70,73-75,78-79,86-97H,9-35,37-38,40,42-49,82H2,1-8H3,(H,85,98)(H,100,101,102)/b39-36-,56-41-/t52?,53?,54?,55?,57-,58?,59?,60?,61?,62?,63?,64?,65?,66?,67?,68?,69?,70?,73?,74?,75?,78?,79?/m1/s1. The van der Waals surface area contributed by atoms with Gasteiger partial charge in [-0.3, -0.25) is 9.35 Å². The number of thiazole rings is 1. The molecule has 2 aliphatic rings. The molecule has 16 N–H and O–H groups in total. The molecule has 1 saturated heterocycles. The number of aryl methyl sites for hydroxylation is 2. The van der Waals surface area contributed by atoms with Gasteiger partial charge in [0, 0.05) is 42.9 Å². The number of oxazole rings is 1. The van der Waals surface area contributed by atoms with Crippen molar-refractivity contribution in [2.75, 3.05) is 7.11 Å². The van der Waals surface area contributed by atoms with E-state index in [4.69, 9.17) is 33.5 Å². The van der Waals surface area contributed by atoms with Gasteiger partial charge in [0.05, 0.1) is 102 Å². The highest BCUT2D eigenvalue weighted by atomic mass is 32.3. The van der Waals surface area contributed by atoms with Gasteiger partial charge in [0.25, 0.3) is 0 Å². The molecule has 0 saturated carbocycles. The van der Waals surface area contributed by atoms with Gasteiger partial charge in [-0.05, 0) is 212 Å². The number of amides is 1. The number of fused-ring (bicyclic) bond motifs is 2. The topological polar surface area (TPSA) is 445 Å². The third-order valence-electron chi connectivity index (χ3n) is 21.8. The lowest BCUT2D eigenvalue weighted by atomic mass is 9.88. The Bertz CT molecular complexity index is 2920. The first-order valence-electron chi connectivity index (χ1n) is 41.2. The molecule has 28 heteroatoms. The monoisotopic (exact) mass is 1590 g/mol. The van der Waals surface area contributed by atoms with E-state index in [9.17, 15) is 83.8 Å². The van der Waals surface area contributed by atoms with Crippen molar-refractivity contribution in [3.8, 4) is 0 Å². The fraction of sp³-hybridized carbons (Fsp3) is 0.852. The summed E-state index contributed by atoms with van der Waals surface area (Å²) in [6.45, 7) is 12.2. The first kappa shape index (κ1) is 97.9. The first-order valence-corrected chi connectivity index (χ1v) is 43.4. The fourth-order valence-electron chi connectivity index (χ4n) is 14.9. The Morgan fingerprint density at radius 3 is 1.83 bits per heavy atom. The SMILES string of the molecule is COC1/C=C\C(C)CCC(O)CC(O)CCCC(O)CCCCC(C)C(OS(=O)(=O)O)C(NC(=O)/C(C)=C\C(C)C(O)CC(O)CC(O)CCCC(O)CC(O)CC(O)CC2OC(c3csc(CCCCCCCCCC[C@@H](C)N)n3)CCC2C)C(C)OC(=O)c2coc(n2)CCCC(O)CC(O)CCCC(O)C1. The number of nitrogens with two attached hydrogens (primary N) is 1. The van der Waals surface area contributed by atoms with Gasteiger partial charge in [-0.1, -0.05) is 104 Å². The highest BCUT2D eigenvalue weighted by Gasteiger charge is 2.40. The number of nitrogens with one attached hydrogen (secondary N) is 1. The summed E-state index contributed by atoms with van der Waals surface area (Å²) in [5.74, 6) is -2.94. The van der Waals surface area contributed by atoms with E-state index >= 15 is 0 Å². The van der Waals surface area contributed by atoms with Crippen molar-refractivity contribution < 1.29 is 107 Å². The number of ether oxygens (including phenoxy) is 3. The molecule has 4 rings (SSSR count).